The van der Waals surface area contributed by atoms with E-state index in [1.54, 1.807) is 0 Å². The van der Waals surface area contributed by atoms with Gasteiger partial charge in [-0.2, -0.15) is 0 Å². The fourth-order valence-corrected chi connectivity index (χ4v) is 4.43. The summed E-state index contributed by atoms with van der Waals surface area (Å²) in [7, 11) is 0. The van der Waals surface area contributed by atoms with Gasteiger partial charge in [0, 0.05) is 30.3 Å². The lowest BCUT2D eigenvalue weighted by Crippen LogP contribution is -2.60. The molecule has 0 aromatic carbocycles. The molecule has 0 atom stereocenters. The van der Waals surface area contributed by atoms with Gasteiger partial charge in [-0.15, -0.1) is 10.3 Å². The van der Waals surface area contributed by atoms with Crippen LogP contribution in [0.1, 0.15) is 125 Å². The number of esters is 1. The van der Waals surface area contributed by atoms with Gasteiger partial charge in [0.1, 0.15) is 6.10 Å². The highest BCUT2D eigenvalue weighted by molar-refractivity contribution is 5.69. The molecule has 4 nitrogen and oxygen atoms in total. The van der Waals surface area contributed by atoms with Crippen molar-refractivity contribution in [2.45, 2.75) is 142 Å². The lowest BCUT2D eigenvalue weighted by atomic mass is 9.80. The fraction of sp³-hybridized carbons (Fsp3) is 0.957. The predicted molar refractivity (Wildman–Crippen MR) is 111 cm³/mol. The number of nitrogens with zero attached hydrogens (tertiary/aromatic N) is 1. The Labute approximate surface area is 168 Å². The molecular weight excluding hydrogens is 338 g/mol. The number of hydroxylamine groups is 2. The second-order valence-corrected chi connectivity index (χ2v) is 9.72. The molecule has 1 radical (unpaired) electrons. The van der Waals surface area contributed by atoms with Gasteiger partial charge in [-0.1, -0.05) is 71.1 Å². The largest absolute Gasteiger partial charge is 0.462 e. The Bertz CT molecular complexity index is 402. The Kier molecular flexibility index (Phi) is 10.9. The Morgan fingerprint density at radius 2 is 1.22 bits per heavy atom. The maximum atomic E-state index is 12.4. The van der Waals surface area contributed by atoms with E-state index < -0.39 is 11.1 Å². The SMILES string of the molecule is CCCCCCCCCCCCCC(=O)OC1CC(C)(C)N([O])C(C)(C)C1. The summed E-state index contributed by atoms with van der Waals surface area (Å²) in [5.74, 6) is -0.0955. The van der Waals surface area contributed by atoms with Gasteiger partial charge < -0.3 is 4.74 Å². The molecule has 1 aliphatic rings. The molecule has 1 aliphatic heterocycles. The summed E-state index contributed by atoms with van der Waals surface area (Å²) < 4.78 is 5.70. The third kappa shape index (κ3) is 9.43. The number of rotatable bonds is 13. The fourth-order valence-electron chi connectivity index (χ4n) is 4.43. The summed E-state index contributed by atoms with van der Waals surface area (Å²) in [5.41, 5.74) is -0.966. The van der Waals surface area contributed by atoms with Crippen LogP contribution in [-0.4, -0.2) is 28.2 Å². The molecule has 0 amide bonds. The number of hydrogen-bond acceptors (Lipinski definition) is 3. The zero-order chi connectivity index (χ0) is 20.3. The highest BCUT2D eigenvalue weighted by Crippen LogP contribution is 2.38. The molecule has 4 heteroatoms. The number of piperidine rings is 1. The van der Waals surface area contributed by atoms with Crippen molar-refractivity contribution in [1.82, 2.24) is 5.06 Å². The minimum absolute atomic E-state index is 0.0955. The lowest BCUT2D eigenvalue weighted by Gasteiger charge is -2.49. The van der Waals surface area contributed by atoms with Crippen molar-refractivity contribution in [1.29, 1.82) is 0 Å². The zero-order valence-electron chi connectivity index (χ0n) is 18.6. The van der Waals surface area contributed by atoms with E-state index >= 15 is 0 Å². The Morgan fingerprint density at radius 1 is 0.815 bits per heavy atom. The highest BCUT2D eigenvalue weighted by Gasteiger charge is 2.47. The minimum Gasteiger partial charge on any atom is -0.462 e. The minimum atomic E-state index is -0.483. The topological polar surface area (TPSA) is 49.4 Å². The molecule has 1 fully saturated rings. The molecule has 0 saturated carbocycles. The van der Waals surface area contributed by atoms with Crippen molar-refractivity contribution in [3.63, 3.8) is 0 Å². The molecule has 0 aliphatic carbocycles. The standard InChI is InChI=1S/C23H44NO3/c1-6-7-8-9-10-11-12-13-14-15-16-17-21(25)27-20-18-22(2,3)24(26)23(4,5)19-20/h20H,6-19H2,1-5H3. The van der Waals surface area contributed by atoms with Crippen LogP contribution in [0.2, 0.25) is 0 Å². The molecule has 1 rings (SSSR count). The maximum Gasteiger partial charge on any atom is 0.306 e. The molecule has 0 spiro atoms. The third-order valence-electron chi connectivity index (χ3n) is 5.84. The molecule has 1 heterocycles. The molecule has 0 bridgehead atoms. The van der Waals surface area contributed by atoms with E-state index in [2.05, 4.69) is 6.92 Å². The molecular formula is C23H44NO3. The normalized spacial score (nSPS) is 19.9. The summed E-state index contributed by atoms with van der Waals surface area (Å²) in [5, 5.41) is 13.5. The van der Waals surface area contributed by atoms with Crippen LogP contribution in [0.25, 0.3) is 0 Å². The van der Waals surface area contributed by atoms with Gasteiger partial charge in [-0.3, -0.25) is 4.79 Å². The molecule has 1 saturated heterocycles. The summed E-state index contributed by atoms with van der Waals surface area (Å²) in [4.78, 5) is 12.2. The van der Waals surface area contributed by atoms with Crippen molar-refractivity contribution in [2.75, 3.05) is 0 Å². The van der Waals surface area contributed by atoms with Gasteiger partial charge in [0.25, 0.3) is 0 Å². The maximum absolute atomic E-state index is 12.4. The first kappa shape index (κ1) is 24.4. The van der Waals surface area contributed by atoms with Crippen LogP contribution in [0, 0.1) is 0 Å². The van der Waals surface area contributed by atoms with Crippen LogP contribution in [0.3, 0.4) is 0 Å². The quantitative estimate of drug-likeness (QED) is 0.266. The van der Waals surface area contributed by atoms with E-state index in [0.717, 1.165) is 12.8 Å². The Balaban J connectivity index is 2.08. The molecule has 0 aromatic heterocycles. The second kappa shape index (κ2) is 12.1. The van der Waals surface area contributed by atoms with E-state index in [9.17, 15) is 10.0 Å². The van der Waals surface area contributed by atoms with Gasteiger partial charge in [0.15, 0.2) is 0 Å². The Morgan fingerprint density at radius 3 is 1.67 bits per heavy atom. The van der Waals surface area contributed by atoms with Crippen molar-refractivity contribution in [3.05, 3.63) is 0 Å². The number of unbranched alkanes of at least 4 members (excludes halogenated alkanes) is 10. The van der Waals surface area contributed by atoms with E-state index in [-0.39, 0.29) is 12.1 Å². The molecule has 27 heavy (non-hydrogen) atoms. The van der Waals surface area contributed by atoms with Gasteiger partial charge in [-0.05, 0) is 34.1 Å². The number of hydrogen-bond donors (Lipinski definition) is 0. The number of ether oxygens (including phenoxy) is 1. The van der Waals surface area contributed by atoms with Gasteiger partial charge in [-0.25, -0.2) is 0 Å². The average molecular weight is 383 g/mol. The summed E-state index contributed by atoms with van der Waals surface area (Å²) in [6.07, 6.45) is 15.7. The van der Waals surface area contributed by atoms with Crippen LogP contribution in [0.4, 0.5) is 0 Å². The van der Waals surface area contributed by atoms with E-state index in [1.165, 1.54) is 62.9 Å². The monoisotopic (exact) mass is 382 g/mol. The van der Waals surface area contributed by atoms with Crippen molar-refractivity contribution in [3.8, 4) is 0 Å². The number of carbonyl (C=O) groups excluding carboxylic acids is 1. The highest BCUT2D eigenvalue weighted by atomic mass is 16.5. The number of carbonyl (C=O) groups is 1. The first-order valence-corrected chi connectivity index (χ1v) is 11.4. The van der Waals surface area contributed by atoms with Crippen LogP contribution in [-0.2, 0) is 14.7 Å². The molecule has 0 aromatic rings. The van der Waals surface area contributed by atoms with Crippen LogP contribution in [0.15, 0.2) is 0 Å². The Hall–Kier alpha value is -0.610. The third-order valence-corrected chi connectivity index (χ3v) is 5.84. The summed E-state index contributed by atoms with van der Waals surface area (Å²) >= 11 is 0. The van der Waals surface area contributed by atoms with E-state index in [0.29, 0.717) is 19.3 Å². The summed E-state index contributed by atoms with van der Waals surface area (Å²) in [6, 6.07) is 0. The van der Waals surface area contributed by atoms with Crippen LogP contribution in [0.5, 0.6) is 0 Å². The van der Waals surface area contributed by atoms with Crippen molar-refractivity contribution in [2.24, 2.45) is 0 Å². The van der Waals surface area contributed by atoms with Crippen LogP contribution < -0.4 is 0 Å². The van der Waals surface area contributed by atoms with Crippen molar-refractivity contribution < 1.29 is 14.7 Å². The smallest absolute Gasteiger partial charge is 0.306 e. The van der Waals surface area contributed by atoms with Gasteiger partial charge >= 0.3 is 5.97 Å². The van der Waals surface area contributed by atoms with Gasteiger partial charge in [0.2, 0.25) is 0 Å². The van der Waals surface area contributed by atoms with E-state index in [1.807, 2.05) is 27.7 Å². The average Bonchev–Trinajstić information content (AvgIpc) is 2.57. The van der Waals surface area contributed by atoms with Gasteiger partial charge in [0.05, 0.1) is 0 Å². The van der Waals surface area contributed by atoms with Crippen molar-refractivity contribution >= 4 is 5.97 Å². The summed E-state index contributed by atoms with van der Waals surface area (Å²) in [6.45, 7) is 10.0. The first-order valence-electron chi connectivity index (χ1n) is 11.4. The van der Waals surface area contributed by atoms with E-state index in [4.69, 9.17) is 4.74 Å². The molecule has 0 unspecified atom stereocenters. The first-order chi connectivity index (χ1) is 12.7. The predicted octanol–water partition coefficient (Wildman–Crippen LogP) is 6.60. The molecule has 159 valence electrons. The van der Waals surface area contributed by atoms with Crippen LogP contribution >= 0.6 is 0 Å². The molecule has 0 N–H and O–H groups in total. The zero-order valence-corrected chi connectivity index (χ0v) is 18.6. The second-order valence-electron chi connectivity index (χ2n) is 9.72. The lowest BCUT2D eigenvalue weighted by molar-refractivity contribution is -0.299.